The summed E-state index contributed by atoms with van der Waals surface area (Å²) < 4.78 is 77.5. The first-order valence-corrected chi connectivity index (χ1v) is 6.66. The molecule has 1 saturated heterocycles. The van der Waals surface area contributed by atoms with Gasteiger partial charge in [0.2, 0.25) is 5.91 Å². The number of carbonyl (C=O) groups excluding carboxylic acids is 1. The van der Waals surface area contributed by atoms with Crippen molar-refractivity contribution in [2.24, 2.45) is 17.1 Å². The van der Waals surface area contributed by atoms with E-state index in [4.69, 9.17) is 5.73 Å². The lowest BCUT2D eigenvalue weighted by molar-refractivity contribution is -0.334. The molecule has 1 aliphatic carbocycles. The molecule has 2 aliphatic rings. The summed E-state index contributed by atoms with van der Waals surface area (Å²) in [5.41, 5.74) is 1.81. The van der Waals surface area contributed by atoms with E-state index < -0.39 is 49.1 Å². The third-order valence-electron chi connectivity index (χ3n) is 4.49. The van der Waals surface area contributed by atoms with E-state index in [0.717, 1.165) is 0 Å². The molecule has 1 amide bonds. The van der Waals surface area contributed by atoms with Crippen LogP contribution < -0.4 is 5.73 Å². The molecule has 0 spiro atoms. The molecule has 122 valence electrons. The van der Waals surface area contributed by atoms with Gasteiger partial charge < -0.3 is 10.6 Å². The lowest BCUT2D eigenvalue weighted by Gasteiger charge is -2.33. The van der Waals surface area contributed by atoms with Gasteiger partial charge in [0, 0.05) is 25.0 Å². The van der Waals surface area contributed by atoms with E-state index in [1.54, 1.807) is 0 Å². The van der Waals surface area contributed by atoms with Crippen LogP contribution in [0.25, 0.3) is 0 Å². The van der Waals surface area contributed by atoms with Crippen molar-refractivity contribution in [2.75, 3.05) is 13.1 Å². The molecule has 0 radical (unpaired) electrons. The third kappa shape index (κ3) is 2.72. The van der Waals surface area contributed by atoms with Crippen LogP contribution in [0.15, 0.2) is 0 Å². The molecule has 0 aromatic carbocycles. The lowest BCUT2D eigenvalue weighted by atomic mass is 9.85. The Balaban J connectivity index is 2.16. The number of halogens is 6. The van der Waals surface area contributed by atoms with Crippen LogP contribution in [0.1, 0.15) is 25.7 Å². The minimum Gasteiger partial charge on any atom is -0.341 e. The largest absolute Gasteiger partial charge is 0.404 e. The van der Waals surface area contributed by atoms with Crippen molar-refractivity contribution in [1.29, 1.82) is 0 Å². The number of hydrogen-bond donors (Lipinski definition) is 1. The van der Waals surface area contributed by atoms with Crippen LogP contribution in [0.2, 0.25) is 0 Å². The minimum absolute atomic E-state index is 0.212. The highest BCUT2D eigenvalue weighted by molar-refractivity contribution is 5.79. The van der Waals surface area contributed by atoms with Gasteiger partial charge in [0.15, 0.2) is 5.41 Å². The number of likely N-dealkylation sites (tertiary alicyclic amines) is 1. The molecular weight excluding hydrogens is 302 g/mol. The molecule has 3 nitrogen and oxygen atoms in total. The Bertz CT molecular complexity index is 405. The summed E-state index contributed by atoms with van der Waals surface area (Å²) in [4.78, 5) is 12.8. The molecule has 2 rings (SSSR count). The van der Waals surface area contributed by atoms with E-state index in [1.807, 2.05) is 0 Å². The monoisotopic (exact) mass is 318 g/mol. The number of rotatable bonds is 1. The molecule has 1 saturated carbocycles. The fraction of sp³-hybridized carbons (Fsp3) is 0.917. The Kier molecular flexibility index (Phi) is 3.92. The third-order valence-corrected chi connectivity index (χ3v) is 4.49. The molecule has 2 N–H and O–H groups in total. The summed E-state index contributed by atoms with van der Waals surface area (Å²) in [6.07, 6.45) is -10.7. The predicted octanol–water partition coefficient (Wildman–Crippen LogP) is 2.46. The van der Waals surface area contributed by atoms with Crippen LogP contribution in [0.5, 0.6) is 0 Å². The maximum absolute atomic E-state index is 12.9. The zero-order chi connectivity index (χ0) is 16.1. The van der Waals surface area contributed by atoms with Crippen molar-refractivity contribution < 1.29 is 31.1 Å². The topological polar surface area (TPSA) is 46.3 Å². The van der Waals surface area contributed by atoms with Gasteiger partial charge in [-0.1, -0.05) is 0 Å². The van der Waals surface area contributed by atoms with Crippen molar-refractivity contribution >= 4 is 5.91 Å². The quantitative estimate of drug-likeness (QED) is 0.755. The lowest BCUT2D eigenvalue weighted by Crippen LogP contribution is -2.52. The molecule has 1 aliphatic heterocycles. The van der Waals surface area contributed by atoms with E-state index >= 15 is 0 Å². The zero-order valence-electron chi connectivity index (χ0n) is 11.1. The van der Waals surface area contributed by atoms with Crippen LogP contribution in [0, 0.1) is 11.3 Å². The maximum Gasteiger partial charge on any atom is 0.404 e. The zero-order valence-corrected chi connectivity index (χ0v) is 11.1. The van der Waals surface area contributed by atoms with E-state index in [9.17, 15) is 31.1 Å². The standard InChI is InChI=1S/C12H16F6N2O/c13-11(14,15)10(12(16,17)18)3-4-20(6-10)9(21)7-1-2-8(19)5-7/h7-8H,1-6,19H2. The molecule has 0 bridgehead atoms. The molecule has 2 atom stereocenters. The van der Waals surface area contributed by atoms with Crippen LogP contribution >= 0.6 is 0 Å². The molecule has 2 fully saturated rings. The van der Waals surface area contributed by atoms with Crippen LogP contribution in [-0.2, 0) is 4.79 Å². The molecule has 0 aromatic rings. The first-order valence-electron chi connectivity index (χ1n) is 6.66. The van der Waals surface area contributed by atoms with Gasteiger partial charge in [-0.15, -0.1) is 0 Å². The fourth-order valence-corrected chi connectivity index (χ4v) is 3.12. The normalized spacial score (nSPS) is 30.0. The van der Waals surface area contributed by atoms with Gasteiger partial charge in [0.1, 0.15) is 0 Å². The smallest absolute Gasteiger partial charge is 0.341 e. The highest BCUT2D eigenvalue weighted by atomic mass is 19.4. The summed E-state index contributed by atoms with van der Waals surface area (Å²) in [6.45, 7) is -1.87. The second-order valence-electron chi connectivity index (χ2n) is 5.86. The SMILES string of the molecule is NC1CCC(C(=O)N2CCC(C(F)(F)F)(C(F)(F)F)C2)C1. The number of nitrogens with two attached hydrogens (primary N) is 1. The van der Waals surface area contributed by atoms with Crippen molar-refractivity contribution in [3.63, 3.8) is 0 Å². The number of alkyl halides is 6. The first-order chi connectivity index (χ1) is 9.48. The van der Waals surface area contributed by atoms with Crippen molar-refractivity contribution in [3.05, 3.63) is 0 Å². The number of nitrogens with zero attached hydrogens (tertiary/aromatic N) is 1. The summed E-state index contributed by atoms with van der Waals surface area (Å²) in [5.74, 6) is -1.20. The van der Waals surface area contributed by atoms with E-state index in [1.165, 1.54) is 0 Å². The van der Waals surface area contributed by atoms with Crippen LogP contribution in [-0.4, -0.2) is 42.3 Å². The molecule has 2 unspecified atom stereocenters. The van der Waals surface area contributed by atoms with Crippen LogP contribution in [0.3, 0.4) is 0 Å². The Morgan fingerprint density at radius 1 is 1.10 bits per heavy atom. The molecule has 1 heterocycles. The average molecular weight is 318 g/mol. The molecule has 9 heteroatoms. The van der Waals surface area contributed by atoms with Gasteiger partial charge in [-0.05, 0) is 25.7 Å². The van der Waals surface area contributed by atoms with E-state index in [0.29, 0.717) is 24.2 Å². The second kappa shape index (κ2) is 5.03. The number of carbonyl (C=O) groups is 1. The summed E-state index contributed by atoms with van der Waals surface area (Å²) >= 11 is 0. The number of amides is 1. The van der Waals surface area contributed by atoms with Gasteiger partial charge in [0.25, 0.3) is 0 Å². The molecule has 21 heavy (non-hydrogen) atoms. The van der Waals surface area contributed by atoms with Crippen molar-refractivity contribution in [3.8, 4) is 0 Å². The molecule has 0 aromatic heterocycles. The number of hydrogen-bond acceptors (Lipinski definition) is 2. The van der Waals surface area contributed by atoms with E-state index in [-0.39, 0.29) is 6.04 Å². The Morgan fingerprint density at radius 3 is 2.05 bits per heavy atom. The highest BCUT2D eigenvalue weighted by Gasteiger charge is 2.73. The van der Waals surface area contributed by atoms with Crippen LogP contribution in [0.4, 0.5) is 26.3 Å². The maximum atomic E-state index is 12.9. The van der Waals surface area contributed by atoms with Gasteiger partial charge >= 0.3 is 12.4 Å². The summed E-state index contributed by atoms with van der Waals surface area (Å²) in [5, 5.41) is 0. The molecular formula is C12H16F6N2O. The van der Waals surface area contributed by atoms with Crippen molar-refractivity contribution in [2.45, 2.75) is 44.1 Å². The van der Waals surface area contributed by atoms with Crippen molar-refractivity contribution in [1.82, 2.24) is 4.90 Å². The predicted molar refractivity (Wildman–Crippen MR) is 61.1 cm³/mol. The van der Waals surface area contributed by atoms with Gasteiger partial charge in [-0.2, -0.15) is 26.3 Å². The Morgan fingerprint density at radius 2 is 1.67 bits per heavy atom. The van der Waals surface area contributed by atoms with Gasteiger partial charge in [-0.25, -0.2) is 0 Å². The second-order valence-corrected chi connectivity index (χ2v) is 5.86. The average Bonchev–Trinajstić information content (AvgIpc) is 2.92. The summed E-state index contributed by atoms with van der Waals surface area (Å²) in [7, 11) is 0. The summed E-state index contributed by atoms with van der Waals surface area (Å²) in [6, 6.07) is -0.212. The van der Waals surface area contributed by atoms with Gasteiger partial charge in [-0.3, -0.25) is 4.79 Å². The Labute approximate surface area is 117 Å². The fourth-order valence-electron chi connectivity index (χ4n) is 3.12. The Hall–Kier alpha value is -0.990. The van der Waals surface area contributed by atoms with Gasteiger partial charge in [0.05, 0.1) is 0 Å². The first kappa shape index (κ1) is 16.4. The van der Waals surface area contributed by atoms with E-state index in [2.05, 4.69) is 0 Å². The minimum atomic E-state index is -5.42. The highest BCUT2D eigenvalue weighted by Crippen LogP contribution is 2.55.